The Bertz CT molecular complexity index is 665. The molecule has 21 heavy (non-hydrogen) atoms. The molecule has 0 unspecified atom stereocenters. The van der Waals surface area contributed by atoms with Crippen molar-refractivity contribution in [2.45, 2.75) is 36.6 Å². The van der Waals surface area contributed by atoms with Crippen molar-refractivity contribution in [1.29, 1.82) is 0 Å². The summed E-state index contributed by atoms with van der Waals surface area (Å²) in [5, 5.41) is 8.76. The average molecular weight is 348 g/mol. The molecule has 0 atom stereocenters. The van der Waals surface area contributed by atoms with Gasteiger partial charge in [0.2, 0.25) is 10.0 Å². The Balaban J connectivity index is 2.30. The quantitative estimate of drug-likeness (QED) is 0.822. The molecule has 1 fully saturated rings. The SMILES string of the molecule is O=S(=O)(NC1CCC1)c1c(Cl)cc(C#CCCO)cc1Cl. The van der Waals surface area contributed by atoms with Crippen molar-refractivity contribution in [2.75, 3.05) is 6.61 Å². The van der Waals surface area contributed by atoms with Crippen molar-refractivity contribution in [1.82, 2.24) is 4.72 Å². The molecule has 0 saturated heterocycles. The fourth-order valence-corrected chi connectivity index (χ4v) is 4.43. The molecule has 0 bridgehead atoms. The minimum absolute atomic E-state index is 0.0355. The smallest absolute Gasteiger partial charge is 0.243 e. The molecule has 1 aliphatic rings. The van der Waals surface area contributed by atoms with E-state index in [0.717, 1.165) is 19.3 Å². The Morgan fingerprint density at radius 3 is 2.38 bits per heavy atom. The molecule has 1 aromatic carbocycles. The van der Waals surface area contributed by atoms with Gasteiger partial charge in [-0.3, -0.25) is 0 Å². The van der Waals surface area contributed by atoms with Crippen LogP contribution in [0.2, 0.25) is 10.0 Å². The zero-order valence-electron chi connectivity index (χ0n) is 11.2. The number of rotatable bonds is 4. The molecule has 1 aromatic rings. The maximum Gasteiger partial charge on any atom is 0.243 e. The summed E-state index contributed by atoms with van der Waals surface area (Å²) in [6.07, 6.45) is 3.02. The standard InChI is InChI=1S/C14H15Cl2NO3S/c15-12-8-10(4-1-2-7-18)9-13(16)14(12)21(19,20)17-11-5-3-6-11/h8-9,11,17-18H,2-3,5-7H2. The largest absolute Gasteiger partial charge is 0.395 e. The van der Waals surface area contributed by atoms with E-state index < -0.39 is 10.0 Å². The second kappa shape index (κ2) is 6.99. The zero-order chi connectivity index (χ0) is 15.5. The lowest BCUT2D eigenvalue weighted by atomic mass is 9.94. The van der Waals surface area contributed by atoms with Crippen LogP contribution < -0.4 is 4.72 Å². The van der Waals surface area contributed by atoms with Gasteiger partial charge in [-0.15, -0.1) is 0 Å². The lowest BCUT2D eigenvalue weighted by Gasteiger charge is -2.26. The van der Waals surface area contributed by atoms with Gasteiger partial charge in [-0.25, -0.2) is 13.1 Å². The first-order valence-corrected chi connectivity index (χ1v) is 8.79. The van der Waals surface area contributed by atoms with Gasteiger partial charge in [-0.1, -0.05) is 41.5 Å². The predicted molar refractivity (Wildman–Crippen MR) is 83.0 cm³/mol. The first kappa shape index (κ1) is 16.6. The van der Waals surface area contributed by atoms with Crippen molar-refractivity contribution in [3.05, 3.63) is 27.7 Å². The lowest BCUT2D eigenvalue weighted by molar-refractivity contribution is 0.305. The second-order valence-electron chi connectivity index (χ2n) is 4.79. The van der Waals surface area contributed by atoms with Crippen molar-refractivity contribution in [3.8, 4) is 11.8 Å². The van der Waals surface area contributed by atoms with E-state index in [1.807, 2.05) is 0 Å². The zero-order valence-corrected chi connectivity index (χ0v) is 13.5. The summed E-state index contributed by atoms with van der Waals surface area (Å²) < 4.78 is 27.2. The molecule has 0 spiro atoms. The van der Waals surface area contributed by atoms with Crippen molar-refractivity contribution < 1.29 is 13.5 Å². The number of aliphatic hydroxyl groups is 1. The van der Waals surface area contributed by atoms with E-state index in [1.54, 1.807) is 0 Å². The van der Waals surface area contributed by atoms with Crippen LogP contribution in [-0.4, -0.2) is 26.2 Å². The molecule has 2 rings (SSSR count). The van der Waals surface area contributed by atoms with Crippen LogP contribution in [0.25, 0.3) is 0 Å². The van der Waals surface area contributed by atoms with Crippen molar-refractivity contribution >= 4 is 33.2 Å². The van der Waals surface area contributed by atoms with E-state index in [4.69, 9.17) is 28.3 Å². The summed E-state index contributed by atoms with van der Waals surface area (Å²) in [7, 11) is -3.73. The monoisotopic (exact) mass is 347 g/mol. The van der Waals surface area contributed by atoms with Crippen LogP contribution in [0.15, 0.2) is 17.0 Å². The summed E-state index contributed by atoms with van der Waals surface area (Å²) in [5.41, 5.74) is 0.515. The van der Waals surface area contributed by atoms with Gasteiger partial charge in [0.25, 0.3) is 0 Å². The Labute approximate surface area is 134 Å². The molecule has 0 aliphatic heterocycles. The number of halogens is 2. The fraction of sp³-hybridized carbons (Fsp3) is 0.429. The minimum atomic E-state index is -3.73. The highest BCUT2D eigenvalue weighted by molar-refractivity contribution is 7.89. The number of aliphatic hydroxyl groups excluding tert-OH is 1. The summed E-state index contributed by atoms with van der Waals surface area (Å²) in [6.45, 7) is -0.0355. The van der Waals surface area contributed by atoms with E-state index in [1.165, 1.54) is 12.1 Å². The van der Waals surface area contributed by atoms with Crippen LogP contribution in [0.1, 0.15) is 31.2 Å². The van der Waals surface area contributed by atoms with Gasteiger partial charge < -0.3 is 5.11 Å². The van der Waals surface area contributed by atoms with Gasteiger partial charge in [0.15, 0.2) is 0 Å². The highest BCUT2D eigenvalue weighted by atomic mass is 35.5. The van der Waals surface area contributed by atoms with Crippen LogP contribution in [0, 0.1) is 11.8 Å². The van der Waals surface area contributed by atoms with Crippen molar-refractivity contribution in [3.63, 3.8) is 0 Å². The van der Waals surface area contributed by atoms with Crippen LogP contribution in [0.3, 0.4) is 0 Å². The van der Waals surface area contributed by atoms with Gasteiger partial charge in [0.05, 0.1) is 16.7 Å². The predicted octanol–water partition coefficient (Wildman–Crippen LogP) is 2.56. The summed E-state index contributed by atoms with van der Waals surface area (Å²) >= 11 is 12.1. The Morgan fingerprint density at radius 1 is 1.29 bits per heavy atom. The Kier molecular flexibility index (Phi) is 5.53. The van der Waals surface area contributed by atoms with Crippen LogP contribution in [0.5, 0.6) is 0 Å². The van der Waals surface area contributed by atoms with Crippen LogP contribution in [-0.2, 0) is 10.0 Å². The summed E-state index contributed by atoms with van der Waals surface area (Å²) in [6, 6.07) is 2.89. The molecular formula is C14H15Cl2NO3S. The average Bonchev–Trinajstić information content (AvgIpc) is 2.33. The maximum atomic E-state index is 12.3. The first-order chi connectivity index (χ1) is 9.94. The molecule has 1 saturated carbocycles. The van der Waals surface area contributed by atoms with Gasteiger partial charge >= 0.3 is 0 Å². The molecule has 1 aliphatic carbocycles. The number of benzene rings is 1. The van der Waals surface area contributed by atoms with Gasteiger partial charge in [0.1, 0.15) is 4.90 Å². The highest BCUT2D eigenvalue weighted by Gasteiger charge is 2.28. The van der Waals surface area contributed by atoms with Gasteiger partial charge in [-0.2, -0.15) is 0 Å². The maximum absolute atomic E-state index is 12.3. The molecule has 0 heterocycles. The van der Waals surface area contributed by atoms with E-state index in [0.29, 0.717) is 12.0 Å². The highest BCUT2D eigenvalue weighted by Crippen LogP contribution is 2.32. The van der Waals surface area contributed by atoms with Crippen molar-refractivity contribution in [2.24, 2.45) is 0 Å². The number of sulfonamides is 1. The molecule has 4 nitrogen and oxygen atoms in total. The molecule has 114 valence electrons. The summed E-state index contributed by atoms with van der Waals surface area (Å²) in [4.78, 5) is -0.106. The first-order valence-electron chi connectivity index (χ1n) is 6.55. The third kappa shape index (κ3) is 4.12. The Morgan fingerprint density at radius 2 is 1.90 bits per heavy atom. The van der Waals surface area contributed by atoms with E-state index in [2.05, 4.69) is 16.6 Å². The van der Waals surface area contributed by atoms with E-state index >= 15 is 0 Å². The Hall–Kier alpha value is -0.770. The third-order valence-electron chi connectivity index (χ3n) is 3.16. The second-order valence-corrected chi connectivity index (χ2v) is 7.26. The molecule has 0 aromatic heterocycles. The molecular weight excluding hydrogens is 333 g/mol. The van der Waals surface area contributed by atoms with E-state index in [-0.39, 0.29) is 27.6 Å². The third-order valence-corrected chi connectivity index (χ3v) is 5.60. The van der Waals surface area contributed by atoms with Crippen LogP contribution in [0.4, 0.5) is 0 Å². The normalized spacial score (nSPS) is 15.2. The minimum Gasteiger partial charge on any atom is -0.395 e. The molecule has 2 N–H and O–H groups in total. The fourth-order valence-electron chi connectivity index (χ4n) is 1.91. The molecule has 0 amide bonds. The lowest BCUT2D eigenvalue weighted by Crippen LogP contribution is -2.39. The van der Waals surface area contributed by atoms with Crippen LogP contribution >= 0.6 is 23.2 Å². The van der Waals surface area contributed by atoms with E-state index in [9.17, 15) is 8.42 Å². The topological polar surface area (TPSA) is 66.4 Å². The number of hydrogen-bond acceptors (Lipinski definition) is 3. The van der Waals surface area contributed by atoms with Gasteiger partial charge in [0, 0.05) is 18.0 Å². The van der Waals surface area contributed by atoms with Gasteiger partial charge in [-0.05, 0) is 25.0 Å². The number of hydrogen-bond donors (Lipinski definition) is 2. The molecule has 7 heteroatoms. The number of nitrogens with one attached hydrogen (secondary N) is 1. The summed E-state index contributed by atoms with van der Waals surface area (Å²) in [5.74, 6) is 5.51. The molecule has 0 radical (unpaired) electrons.